The van der Waals surface area contributed by atoms with Gasteiger partial charge in [-0.2, -0.15) is 13.2 Å². The third-order valence-corrected chi connectivity index (χ3v) is 3.56. The number of carbonyl (C=O) groups excluding carboxylic acids is 2. The molecule has 22 heavy (non-hydrogen) atoms. The molecule has 2 rings (SSSR count). The average Bonchev–Trinajstić information content (AvgIpc) is 2.89. The molecule has 0 radical (unpaired) electrons. The van der Waals surface area contributed by atoms with E-state index in [1.54, 1.807) is 0 Å². The Morgan fingerprint density at radius 2 is 1.91 bits per heavy atom. The number of halogens is 4. The zero-order valence-electron chi connectivity index (χ0n) is 11.2. The summed E-state index contributed by atoms with van der Waals surface area (Å²) in [6.45, 7) is 1.34. The van der Waals surface area contributed by atoms with Gasteiger partial charge in [0, 0.05) is 21.9 Å². The van der Waals surface area contributed by atoms with E-state index < -0.39 is 17.6 Å². The van der Waals surface area contributed by atoms with Crippen LogP contribution in [0.1, 0.15) is 33.3 Å². The molecule has 0 saturated heterocycles. The van der Waals surface area contributed by atoms with Gasteiger partial charge in [-0.25, -0.2) is 0 Å². The van der Waals surface area contributed by atoms with Crippen molar-refractivity contribution in [3.05, 3.63) is 51.8 Å². The van der Waals surface area contributed by atoms with Crippen LogP contribution in [-0.2, 0) is 6.18 Å². The number of H-pyrrole nitrogens is 1. The van der Waals surface area contributed by atoms with Gasteiger partial charge in [0.25, 0.3) is 5.91 Å². The van der Waals surface area contributed by atoms with Gasteiger partial charge in [-0.15, -0.1) is 0 Å². The standard InChI is InChI=1S/C14H10BrF3N2O2/c1-7(21)8-4-12(19-6-8)13(22)20-9-2-3-11(15)10(5-9)14(16,17)18/h2-6,19H,1H3,(H,20,22). The molecule has 0 aliphatic carbocycles. The topological polar surface area (TPSA) is 62.0 Å². The summed E-state index contributed by atoms with van der Waals surface area (Å²) in [5, 5.41) is 2.35. The smallest absolute Gasteiger partial charge is 0.356 e. The van der Waals surface area contributed by atoms with E-state index in [-0.39, 0.29) is 21.6 Å². The van der Waals surface area contributed by atoms with Gasteiger partial charge >= 0.3 is 6.18 Å². The van der Waals surface area contributed by atoms with E-state index in [4.69, 9.17) is 0 Å². The Balaban J connectivity index is 2.23. The van der Waals surface area contributed by atoms with Crippen LogP contribution < -0.4 is 5.32 Å². The Bertz CT molecular complexity index is 738. The lowest BCUT2D eigenvalue weighted by Crippen LogP contribution is -2.13. The zero-order valence-corrected chi connectivity index (χ0v) is 12.8. The summed E-state index contributed by atoms with van der Waals surface area (Å²) in [6.07, 6.45) is -3.17. The molecule has 1 heterocycles. The number of aromatic amines is 1. The van der Waals surface area contributed by atoms with Crippen molar-refractivity contribution in [2.24, 2.45) is 0 Å². The summed E-state index contributed by atoms with van der Waals surface area (Å²) in [7, 11) is 0. The lowest BCUT2D eigenvalue weighted by molar-refractivity contribution is -0.138. The number of nitrogens with one attached hydrogen (secondary N) is 2. The normalized spacial score (nSPS) is 11.3. The van der Waals surface area contributed by atoms with Crippen LogP contribution in [0.5, 0.6) is 0 Å². The van der Waals surface area contributed by atoms with E-state index in [0.29, 0.717) is 5.56 Å². The number of anilines is 1. The maximum atomic E-state index is 12.8. The molecule has 0 bridgehead atoms. The monoisotopic (exact) mass is 374 g/mol. The predicted octanol–water partition coefficient (Wildman–Crippen LogP) is 4.25. The third-order valence-electron chi connectivity index (χ3n) is 2.86. The maximum absolute atomic E-state index is 12.8. The fourth-order valence-corrected chi connectivity index (χ4v) is 2.22. The number of rotatable bonds is 3. The number of amides is 1. The lowest BCUT2D eigenvalue weighted by Gasteiger charge is -2.11. The van der Waals surface area contributed by atoms with E-state index in [0.717, 1.165) is 6.07 Å². The summed E-state index contributed by atoms with van der Waals surface area (Å²) in [5.41, 5.74) is -0.487. The van der Waals surface area contributed by atoms with Crippen LogP contribution in [-0.4, -0.2) is 16.7 Å². The highest BCUT2D eigenvalue weighted by atomic mass is 79.9. The summed E-state index contributed by atoms with van der Waals surface area (Å²) >= 11 is 2.82. The second-order valence-corrected chi connectivity index (χ2v) is 5.36. The Hall–Kier alpha value is -2.09. The minimum Gasteiger partial charge on any atom is -0.356 e. The van der Waals surface area contributed by atoms with E-state index in [2.05, 4.69) is 26.2 Å². The molecule has 0 aliphatic heterocycles. The molecule has 2 aromatic rings. The highest BCUT2D eigenvalue weighted by Crippen LogP contribution is 2.36. The highest BCUT2D eigenvalue weighted by molar-refractivity contribution is 9.10. The first-order valence-corrected chi connectivity index (χ1v) is 6.85. The fraction of sp³-hybridized carbons (Fsp3) is 0.143. The van der Waals surface area contributed by atoms with E-state index in [1.807, 2.05) is 0 Å². The minimum atomic E-state index is -4.53. The first-order valence-electron chi connectivity index (χ1n) is 6.06. The Morgan fingerprint density at radius 3 is 2.45 bits per heavy atom. The Morgan fingerprint density at radius 1 is 1.23 bits per heavy atom. The quantitative estimate of drug-likeness (QED) is 0.788. The van der Waals surface area contributed by atoms with Crippen LogP contribution in [0, 0.1) is 0 Å². The van der Waals surface area contributed by atoms with Crippen molar-refractivity contribution in [2.75, 3.05) is 5.32 Å². The molecule has 0 aliphatic rings. The number of alkyl halides is 3. The average molecular weight is 375 g/mol. The molecule has 116 valence electrons. The molecule has 0 atom stereocenters. The van der Waals surface area contributed by atoms with E-state index in [9.17, 15) is 22.8 Å². The molecule has 2 N–H and O–H groups in total. The van der Waals surface area contributed by atoms with Crippen molar-refractivity contribution in [1.29, 1.82) is 0 Å². The summed E-state index contributed by atoms with van der Waals surface area (Å²) in [4.78, 5) is 25.7. The molecule has 0 fully saturated rings. The van der Waals surface area contributed by atoms with Crippen LogP contribution in [0.25, 0.3) is 0 Å². The first kappa shape index (κ1) is 16.3. The zero-order chi connectivity index (χ0) is 16.5. The van der Waals surface area contributed by atoms with E-state index >= 15 is 0 Å². The van der Waals surface area contributed by atoms with Crippen LogP contribution in [0.15, 0.2) is 34.9 Å². The lowest BCUT2D eigenvalue weighted by atomic mass is 10.2. The molecule has 0 spiro atoms. The molecule has 1 aromatic carbocycles. The van der Waals surface area contributed by atoms with Crippen molar-refractivity contribution in [1.82, 2.24) is 4.98 Å². The van der Waals surface area contributed by atoms with Gasteiger partial charge in [0.2, 0.25) is 0 Å². The van der Waals surface area contributed by atoms with Crippen molar-refractivity contribution < 1.29 is 22.8 Å². The number of ketones is 1. The largest absolute Gasteiger partial charge is 0.417 e. The van der Waals surface area contributed by atoms with Crippen molar-refractivity contribution in [3.8, 4) is 0 Å². The Kier molecular flexibility index (Phi) is 4.41. The maximum Gasteiger partial charge on any atom is 0.417 e. The molecule has 4 nitrogen and oxygen atoms in total. The Labute approximate surface area is 131 Å². The molecule has 1 amide bonds. The number of benzene rings is 1. The van der Waals surface area contributed by atoms with Crippen LogP contribution in [0.2, 0.25) is 0 Å². The van der Waals surface area contributed by atoms with E-state index in [1.165, 1.54) is 31.3 Å². The van der Waals surface area contributed by atoms with Gasteiger partial charge in [0.1, 0.15) is 5.69 Å². The minimum absolute atomic E-state index is 0.000463. The summed E-state index contributed by atoms with van der Waals surface area (Å²) in [5.74, 6) is -0.860. The second kappa shape index (κ2) is 5.96. The predicted molar refractivity (Wildman–Crippen MR) is 77.9 cm³/mol. The number of hydrogen-bond donors (Lipinski definition) is 2. The number of carbonyl (C=O) groups is 2. The van der Waals surface area contributed by atoms with Crippen molar-refractivity contribution >= 4 is 33.3 Å². The highest BCUT2D eigenvalue weighted by Gasteiger charge is 2.33. The summed E-state index contributed by atoms with van der Waals surface area (Å²) < 4.78 is 38.3. The SMILES string of the molecule is CC(=O)c1c[nH]c(C(=O)Nc2ccc(Br)c(C(F)(F)F)c2)c1. The molecule has 8 heteroatoms. The van der Waals surface area contributed by atoms with Gasteiger partial charge in [-0.3, -0.25) is 9.59 Å². The number of hydrogen-bond acceptors (Lipinski definition) is 2. The van der Waals surface area contributed by atoms with Gasteiger partial charge < -0.3 is 10.3 Å². The van der Waals surface area contributed by atoms with Gasteiger partial charge in [0.05, 0.1) is 5.56 Å². The first-order chi connectivity index (χ1) is 10.2. The number of Topliss-reactive ketones (excluding diaryl/α,β-unsaturated/α-hetero) is 1. The van der Waals surface area contributed by atoms with Crippen LogP contribution in [0.4, 0.5) is 18.9 Å². The van der Waals surface area contributed by atoms with Gasteiger partial charge in [-0.05, 0) is 31.2 Å². The number of aromatic nitrogens is 1. The fourth-order valence-electron chi connectivity index (χ4n) is 1.75. The van der Waals surface area contributed by atoms with Gasteiger partial charge in [0.15, 0.2) is 5.78 Å². The summed E-state index contributed by atoms with van der Waals surface area (Å²) in [6, 6.07) is 4.71. The second-order valence-electron chi connectivity index (χ2n) is 4.50. The third kappa shape index (κ3) is 3.56. The van der Waals surface area contributed by atoms with Gasteiger partial charge in [-0.1, -0.05) is 15.9 Å². The molecule has 1 aromatic heterocycles. The molecule has 0 saturated carbocycles. The molecular weight excluding hydrogens is 365 g/mol. The van der Waals surface area contributed by atoms with Crippen LogP contribution in [0.3, 0.4) is 0 Å². The molecule has 0 unspecified atom stereocenters. The molecular formula is C14H10BrF3N2O2. The van der Waals surface area contributed by atoms with Crippen molar-refractivity contribution in [3.63, 3.8) is 0 Å². The van der Waals surface area contributed by atoms with Crippen LogP contribution >= 0.6 is 15.9 Å². The van der Waals surface area contributed by atoms with Crippen molar-refractivity contribution in [2.45, 2.75) is 13.1 Å².